The highest BCUT2D eigenvalue weighted by atomic mass is 15.4. The summed E-state index contributed by atoms with van der Waals surface area (Å²) in [5.74, 6) is 0.929. The third-order valence-electron chi connectivity index (χ3n) is 3.00. The Balaban J connectivity index is 2.41. The Morgan fingerprint density at radius 3 is 2.83 bits per heavy atom. The van der Waals surface area contributed by atoms with E-state index in [0.29, 0.717) is 34.3 Å². The van der Waals surface area contributed by atoms with Gasteiger partial charge in [-0.25, -0.2) is 4.98 Å². The molecule has 8 nitrogen and oxygen atoms in total. The summed E-state index contributed by atoms with van der Waals surface area (Å²) in [6.45, 7) is 3.46. The third kappa shape index (κ3) is 3.47. The van der Waals surface area contributed by atoms with Crippen LogP contribution in [0.15, 0.2) is 50.9 Å². The molecular formula is C15H16N8. The SMILES string of the molecule is CN=C/C(C#N)=C(\C)N=Nc1c(C)nn(-c2ccccn2)c1N. The zero-order chi connectivity index (χ0) is 16.8. The molecule has 0 fully saturated rings. The fourth-order valence-electron chi connectivity index (χ4n) is 1.83. The maximum absolute atomic E-state index is 9.04. The van der Waals surface area contributed by atoms with E-state index in [-0.39, 0.29) is 0 Å². The highest BCUT2D eigenvalue weighted by Gasteiger charge is 2.14. The van der Waals surface area contributed by atoms with Crippen LogP contribution in [0.3, 0.4) is 0 Å². The van der Waals surface area contributed by atoms with Crippen molar-refractivity contribution in [3.8, 4) is 11.9 Å². The van der Waals surface area contributed by atoms with Crippen LogP contribution in [0.1, 0.15) is 12.6 Å². The molecule has 2 aromatic rings. The lowest BCUT2D eigenvalue weighted by atomic mass is 10.2. The van der Waals surface area contributed by atoms with Crippen molar-refractivity contribution in [3.05, 3.63) is 41.4 Å². The number of nitrogens with two attached hydrogens (primary N) is 1. The predicted molar refractivity (Wildman–Crippen MR) is 87.8 cm³/mol. The molecule has 0 aliphatic heterocycles. The van der Waals surface area contributed by atoms with Crippen molar-refractivity contribution in [2.24, 2.45) is 15.2 Å². The molecule has 0 amide bonds. The normalized spacial score (nSPS) is 12.6. The van der Waals surface area contributed by atoms with Gasteiger partial charge in [-0.3, -0.25) is 4.99 Å². The number of nitriles is 1. The van der Waals surface area contributed by atoms with E-state index < -0.39 is 0 Å². The molecule has 116 valence electrons. The largest absolute Gasteiger partial charge is 0.382 e. The quantitative estimate of drug-likeness (QED) is 0.530. The van der Waals surface area contributed by atoms with Gasteiger partial charge in [0.2, 0.25) is 0 Å². The summed E-state index contributed by atoms with van der Waals surface area (Å²) in [6, 6.07) is 7.46. The van der Waals surface area contributed by atoms with Crippen molar-refractivity contribution in [3.63, 3.8) is 0 Å². The Hall–Kier alpha value is -3.34. The molecule has 0 aliphatic rings. The van der Waals surface area contributed by atoms with Gasteiger partial charge in [0.1, 0.15) is 6.07 Å². The molecule has 0 atom stereocenters. The number of aliphatic imine (C=N–C) groups is 1. The fraction of sp³-hybridized carbons (Fsp3) is 0.200. The van der Waals surface area contributed by atoms with Crippen LogP contribution in [0.2, 0.25) is 0 Å². The van der Waals surface area contributed by atoms with Crippen molar-refractivity contribution in [1.82, 2.24) is 14.8 Å². The zero-order valence-electron chi connectivity index (χ0n) is 13.1. The number of aryl methyl sites for hydroxylation is 1. The first-order valence-corrected chi connectivity index (χ1v) is 6.79. The molecule has 0 unspecified atom stereocenters. The maximum Gasteiger partial charge on any atom is 0.157 e. The minimum Gasteiger partial charge on any atom is -0.382 e. The fourth-order valence-corrected chi connectivity index (χ4v) is 1.83. The first-order valence-electron chi connectivity index (χ1n) is 6.79. The van der Waals surface area contributed by atoms with Crippen LogP contribution in [0.25, 0.3) is 5.82 Å². The number of aromatic nitrogens is 3. The molecule has 8 heteroatoms. The Bertz CT molecular complexity index is 821. The number of anilines is 1. The molecule has 2 aromatic heterocycles. The lowest BCUT2D eigenvalue weighted by molar-refractivity contribution is 0.841. The van der Waals surface area contributed by atoms with Gasteiger partial charge in [0, 0.05) is 19.5 Å². The van der Waals surface area contributed by atoms with Crippen LogP contribution in [0, 0.1) is 18.3 Å². The molecule has 2 heterocycles. The van der Waals surface area contributed by atoms with Crippen LogP contribution in [0.5, 0.6) is 0 Å². The second kappa shape index (κ2) is 7.09. The number of rotatable bonds is 4. The van der Waals surface area contributed by atoms with Gasteiger partial charge in [-0.1, -0.05) is 6.07 Å². The van der Waals surface area contributed by atoms with Crippen molar-refractivity contribution in [2.75, 3.05) is 12.8 Å². The van der Waals surface area contributed by atoms with Gasteiger partial charge in [-0.05, 0) is 26.0 Å². The van der Waals surface area contributed by atoms with E-state index >= 15 is 0 Å². The third-order valence-corrected chi connectivity index (χ3v) is 3.00. The first-order chi connectivity index (χ1) is 11.1. The predicted octanol–water partition coefficient (Wildman–Crippen LogP) is 2.74. The van der Waals surface area contributed by atoms with Gasteiger partial charge in [-0.15, -0.1) is 5.11 Å². The maximum atomic E-state index is 9.04. The highest BCUT2D eigenvalue weighted by Crippen LogP contribution is 2.29. The number of azo groups is 1. The van der Waals surface area contributed by atoms with Crippen molar-refractivity contribution >= 4 is 17.7 Å². The number of pyridine rings is 1. The summed E-state index contributed by atoms with van der Waals surface area (Å²) in [5.41, 5.74) is 7.94. The van der Waals surface area contributed by atoms with Gasteiger partial charge >= 0.3 is 0 Å². The number of nitrogen functional groups attached to an aromatic ring is 1. The lowest BCUT2D eigenvalue weighted by Gasteiger charge is -2.01. The lowest BCUT2D eigenvalue weighted by Crippen LogP contribution is -2.03. The molecule has 2 rings (SSSR count). The van der Waals surface area contributed by atoms with E-state index in [2.05, 4.69) is 25.3 Å². The molecule has 0 saturated carbocycles. The Morgan fingerprint density at radius 2 is 2.22 bits per heavy atom. The van der Waals surface area contributed by atoms with E-state index in [1.807, 2.05) is 18.2 Å². The summed E-state index contributed by atoms with van der Waals surface area (Å²) >= 11 is 0. The van der Waals surface area contributed by atoms with E-state index in [0.717, 1.165) is 0 Å². The molecule has 2 N–H and O–H groups in total. The van der Waals surface area contributed by atoms with Gasteiger partial charge in [0.05, 0.1) is 17.0 Å². The van der Waals surface area contributed by atoms with Crippen molar-refractivity contribution in [2.45, 2.75) is 13.8 Å². The summed E-state index contributed by atoms with van der Waals surface area (Å²) in [6.07, 6.45) is 3.09. The van der Waals surface area contributed by atoms with Crippen LogP contribution < -0.4 is 5.73 Å². The molecule has 23 heavy (non-hydrogen) atoms. The van der Waals surface area contributed by atoms with E-state index in [4.69, 9.17) is 11.0 Å². The van der Waals surface area contributed by atoms with Gasteiger partial charge < -0.3 is 5.73 Å². The van der Waals surface area contributed by atoms with Gasteiger partial charge in [0.25, 0.3) is 0 Å². The molecule has 0 radical (unpaired) electrons. The molecule has 0 aromatic carbocycles. The molecule has 0 spiro atoms. The summed E-state index contributed by atoms with van der Waals surface area (Å²) < 4.78 is 1.50. The second-order valence-electron chi connectivity index (χ2n) is 4.62. The number of hydrogen-bond donors (Lipinski definition) is 1. The molecular weight excluding hydrogens is 292 g/mol. The summed E-state index contributed by atoms with van der Waals surface area (Å²) in [5, 5.41) is 21.5. The van der Waals surface area contributed by atoms with Crippen LogP contribution in [-0.2, 0) is 0 Å². The van der Waals surface area contributed by atoms with Gasteiger partial charge in [-0.2, -0.15) is 20.2 Å². The van der Waals surface area contributed by atoms with E-state index in [9.17, 15) is 0 Å². The molecule has 0 saturated heterocycles. The van der Waals surface area contributed by atoms with Crippen LogP contribution >= 0.6 is 0 Å². The number of allylic oxidation sites excluding steroid dienone is 2. The van der Waals surface area contributed by atoms with Crippen LogP contribution in [0.4, 0.5) is 11.5 Å². The summed E-state index contributed by atoms with van der Waals surface area (Å²) in [7, 11) is 1.58. The average molecular weight is 308 g/mol. The minimum absolute atomic E-state index is 0.334. The summed E-state index contributed by atoms with van der Waals surface area (Å²) in [4.78, 5) is 8.01. The standard InChI is InChI=1S/C15H16N8/c1-10(12(8-16)9-18-3)20-21-14-11(2)22-23(15(14)17)13-6-4-5-7-19-13/h4-7,9H,17H2,1-3H3/b12-10+,18-9?,21-20?. The zero-order valence-corrected chi connectivity index (χ0v) is 13.1. The number of hydrogen-bond acceptors (Lipinski definition) is 7. The molecule has 0 bridgehead atoms. The monoisotopic (exact) mass is 308 g/mol. The van der Waals surface area contributed by atoms with Crippen molar-refractivity contribution in [1.29, 1.82) is 5.26 Å². The smallest absolute Gasteiger partial charge is 0.157 e. The minimum atomic E-state index is 0.334. The Labute approximate surface area is 133 Å². The number of nitrogens with zero attached hydrogens (tertiary/aromatic N) is 7. The average Bonchev–Trinajstić information content (AvgIpc) is 2.85. The Kier molecular flexibility index (Phi) is 4.94. The topological polar surface area (TPSA) is 118 Å². The first kappa shape index (κ1) is 16.0. The molecule has 0 aliphatic carbocycles. The highest BCUT2D eigenvalue weighted by molar-refractivity contribution is 5.84. The Morgan fingerprint density at radius 1 is 1.43 bits per heavy atom. The second-order valence-corrected chi connectivity index (χ2v) is 4.62. The van der Waals surface area contributed by atoms with E-state index in [1.54, 1.807) is 33.2 Å². The van der Waals surface area contributed by atoms with Crippen molar-refractivity contribution < 1.29 is 0 Å². The van der Waals surface area contributed by atoms with Crippen LogP contribution in [-0.4, -0.2) is 28.0 Å². The van der Waals surface area contributed by atoms with E-state index in [1.165, 1.54) is 10.9 Å². The van der Waals surface area contributed by atoms with Gasteiger partial charge in [0.15, 0.2) is 17.3 Å².